The summed E-state index contributed by atoms with van der Waals surface area (Å²) in [5, 5.41) is 24.4. The molecule has 3 N–H and O–H groups in total. The lowest BCUT2D eigenvalue weighted by atomic mass is 9.99. The fraction of sp³-hybridized carbons (Fsp3) is 0.133. The van der Waals surface area contributed by atoms with Crippen LogP contribution in [0.5, 0.6) is 11.5 Å². The molecule has 0 aliphatic rings. The third kappa shape index (κ3) is 7.25. The summed E-state index contributed by atoms with van der Waals surface area (Å²) >= 11 is 2.12. The molecule has 0 aromatic heterocycles. The van der Waals surface area contributed by atoms with E-state index < -0.39 is 24.3 Å². The van der Waals surface area contributed by atoms with Crippen molar-refractivity contribution in [2.45, 2.75) is 25.0 Å². The second-order valence-corrected chi connectivity index (χ2v) is 9.71. The van der Waals surface area contributed by atoms with Crippen LogP contribution in [0.25, 0.3) is 10.8 Å². The average molecular weight is 623 g/mol. The van der Waals surface area contributed by atoms with Crippen LogP contribution in [0.2, 0.25) is 0 Å². The number of nitrogens with one attached hydrogen (secondary N) is 1. The van der Waals surface area contributed by atoms with Gasteiger partial charge in [-0.3, -0.25) is 5.32 Å². The predicted molar refractivity (Wildman–Crippen MR) is 154 cm³/mol. The Balaban J connectivity index is 1.66. The number of para-hydroxylation sites is 1. The number of amides is 1. The monoisotopic (exact) mass is 623 g/mol. The Morgan fingerprint density at radius 2 is 1.68 bits per heavy atom. The van der Waals surface area contributed by atoms with Gasteiger partial charge in [-0.15, -0.1) is 0 Å². The molecule has 0 saturated carbocycles. The number of hydrogen-bond donors (Lipinski definition) is 3. The molecule has 0 heterocycles. The number of phenolic OH excluding ortho intramolecular Hbond substituents is 1. The summed E-state index contributed by atoms with van der Waals surface area (Å²) in [6, 6.07) is 27.3. The molecule has 0 unspecified atom stereocenters. The Bertz CT molecular complexity index is 1430. The van der Waals surface area contributed by atoms with E-state index in [2.05, 4.69) is 27.9 Å². The van der Waals surface area contributed by atoms with Gasteiger partial charge in [0, 0.05) is 20.6 Å². The molecule has 38 heavy (non-hydrogen) atoms. The molecule has 0 radical (unpaired) electrons. The topological polar surface area (TPSA) is 105 Å². The number of carboxylic acids is 1. The van der Waals surface area contributed by atoms with Crippen molar-refractivity contribution >= 4 is 51.1 Å². The molecule has 0 saturated heterocycles. The first-order valence-electron chi connectivity index (χ1n) is 12.0. The van der Waals surface area contributed by atoms with E-state index in [0.717, 1.165) is 20.4 Å². The molecule has 0 fully saturated rings. The van der Waals surface area contributed by atoms with Crippen LogP contribution < -0.4 is 10.1 Å². The van der Waals surface area contributed by atoms with E-state index in [-0.39, 0.29) is 5.75 Å². The number of carbonyl (C=O) groups is 2. The van der Waals surface area contributed by atoms with Gasteiger partial charge in [-0.1, -0.05) is 60.7 Å². The Labute approximate surface area is 233 Å². The standard InChI is InChI=1S/C30H26INO6/c31-21-17-18-26(33)24(19-21)29(27(15-6-7-16-28(34)35)37-22-11-2-1-3-12-22)38-30(36)32-25-14-8-10-20-9-4-5-13-23(20)25/h1-5,7-14,16-19,27,29,33H,6,15H2,(H,32,36)(H,34,35)/b16-7+/t27-,29-/m1/s1. The predicted octanol–water partition coefficient (Wildman–Crippen LogP) is 7.31. The Morgan fingerprint density at radius 3 is 2.47 bits per heavy atom. The van der Waals surface area contributed by atoms with Gasteiger partial charge in [0.1, 0.15) is 17.6 Å². The Kier molecular flexibility index (Phi) is 9.21. The fourth-order valence-electron chi connectivity index (χ4n) is 4.07. The first kappa shape index (κ1) is 27.0. The van der Waals surface area contributed by atoms with Crippen LogP contribution in [-0.4, -0.2) is 28.4 Å². The zero-order valence-electron chi connectivity index (χ0n) is 20.3. The number of fused-ring (bicyclic) bond motifs is 1. The van der Waals surface area contributed by atoms with Crippen molar-refractivity contribution < 1.29 is 29.3 Å². The zero-order valence-corrected chi connectivity index (χ0v) is 22.4. The summed E-state index contributed by atoms with van der Waals surface area (Å²) < 4.78 is 13.0. The molecular weight excluding hydrogens is 597 g/mol. The highest BCUT2D eigenvalue weighted by atomic mass is 127. The number of aliphatic carboxylic acids is 1. The van der Waals surface area contributed by atoms with Crippen LogP contribution in [-0.2, 0) is 9.53 Å². The van der Waals surface area contributed by atoms with Crippen LogP contribution in [0.3, 0.4) is 0 Å². The van der Waals surface area contributed by atoms with Crippen LogP contribution in [0.1, 0.15) is 24.5 Å². The van der Waals surface area contributed by atoms with Crippen LogP contribution >= 0.6 is 22.6 Å². The summed E-state index contributed by atoms with van der Waals surface area (Å²) in [6.07, 6.45) is 0.787. The lowest BCUT2D eigenvalue weighted by Crippen LogP contribution is -2.31. The van der Waals surface area contributed by atoms with Crippen LogP contribution in [0, 0.1) is 3.57 Å². The number of hydrogen-bond acceptors (Lipinski definition) is 5. The number of ether oxygens (including phenoxy) is 2. The number of phenols is 1. The van der Waals surface area contributed by atoms with Gasteiger partial charge in [0.25, 0.3) is 0 Å². The summed E-state index contributed by atoms with van der Waals surface area (Å²) in [5.74, 6) is -0.549. The quantitative estimate of drug-likeness (QED) is 0.126. The average Bonchev–Trinajstić information content (AvgIpc) is 2.91. The van der Waals surface area contributed by atoms with E-state index in [1.165, 1.54) is 6.08 Å². The van der Waals surface area contributed by atoms with E-state index in [0.29, 0.717) is 29.8 Å². The molecule has 4 aromatic rings. The minimum atomic E-state index is -1.05. The first-order valence-corrected chi connectivity index (χ1v) is 13.0. The van der Waals surface area contributed by atoms with Gasteiger partial charge >= 0.3 is 12.1 Å². The number of carbonyl (C=O) groups excluding carboxylic acids is 1. The third-order valence-corrected chi connectivity index (χ3v) is 6.47. The zero-order chi connectivity index (χ0) is 26.9. The van der Waals surface area contributed by atoms with Gasteiger partial charge in [0.2, 0.25) is 0 Å². The fourth-order valence-corrected chi connectivity index (χ4v) is 4.59. The number of anilines is 1. The minimum Gasteiger partial charge on any atom is -0.508 e. The first-order chi connectivity index (χ1) is 18.4. The van der Waals surface area contributed by atoms with Crippen molar-refractivity contribution in [3.63, 3.8) is 0 Å². The molecule has 8 heteroatoms. The molecule has 0 bridgehead atoms. The van der Waals surface area contributed by atoms with Gasteiger partial charge < -0.3 is 19.7 Å². The maximum Gasteiger partial charge on any atom is 0.412 e. The van der Waals surface area contributed by atoms with Gasteiger partial charge in [0.15, 0.2) is 6.10 Å². The van der Waals surface area contributed by atoms with E-state index in [1.807, 2.05) is 54.6 Å². The Hall–Kier alpha value is -4.05. The molecule has 194 valence electrons. The lowest BCUT2D eigenvalue weighted by Gasteiger charge is -2.29. The second-order valence-electron chi connectivity index (χ2n) is 8.47. The molecular formula is C30H26INO6. The third-order valence-electron chi connectivity index (χ3n) is 5.80. The molecule has 1 amide bonds. The smallest absolute Gasteiger partial charge is 0.412 e. The molecule has 4 rings (SSSR count). The van der Waals surface area contributed by atoms with Crippen molar-refractivity contribution in [2.75, 3.05) is 5.32 Å². The summed E-state index contributed by atoms with van der Waals surface area (Å²) in [6.45, 7) is 0. The van der Waals surface area contributed by atoms with E-state index in [9.17, 15) is 14.7 Å². The van der Waals surface area contributed by atoms with Gasteiger partial charge in [-0.25, -0.2) is 9.59 Å². The lowest BCUT2D eigenvalue weighted by molar-refractivity contribution is -0.131. The van der Waals surface area contributed by atoms with Crippen molar-refractivity contribution in [3.05, 3.63) is 112 Å². The molecule has 4 aromatic carbocycles. The normalized spacial score (nSPS) is 12.7. The highest BCUT2D eigenvalue weighted by Gasteiger charge is 2.31. The van der Waals surface area contributed by atoms with Gasteiger partial charge in [0.05, 0.1) is 5.69 Å². The number of rotatable bonds is 10. The summed E-state index contributed by atoms with van der Waals surface area (Å²) in [4.78, 5) is 24.2. The Morgan fingerprint density at radius 1 is 0.947 bits per heavy atom. The van der Waals surface area contributed by atoms with Gasteiger partial charge in [-0.2, -0.15) is 0 Å². The van der Waals surface area contributed by atoms with Crippen molar-refractivity contribution in [1.29, 1.82) is 0 Å². The van der Waals surface area contributed by atoms with Crippen molar-refractivity contribution in [3.8, 4) is 11.5 Å². The summed E-state index contributed by atoms with van der Waals surface area (Å²) in [7, 11) is 0. The second kappa shape index (κ2) is 13.0. The number of aromatic hydroxyl groups is 1. The van der Waals surface area contributed by atoms with Gasteiger partial charge in [-0.05, 0) is 77.2 Å². The van der Waals surface area contributed by atoms with Crippen molar-refractivity contribution in [2.24, 2.45) is 0 Å². The molecule has 2 atom stereocenters. The van der Waals surface area contributed by atoms with Crippen LogP contribution in [0.4, 0.5) is 10.5 Å². The van der Waals surface area contributed by atoms with E-state index >= 15 is 0 Å². The van der Waals surface area contributed by atoms with E-state index in [1.54, 1.807) is 36.4 Å². The maximum absolute atomic E-state index is 13.2. The molecule has 7 nitrogen and oxygen atoms in total. The molecule has 0 aliphatic carbocycles. The number of benzene rings is 4. The highest BCUT2D eigenvalue weighted by Crippen LogP contribution is 2.35. The van der Waals surface area contributed by atoms with Crippen molar-refractivity contribution in [1.82, 2.24) is 0 Å². The SMILES string of the molecule is O=C(O)/C=C/CC[C@@H](Oc1ccccc1)[C@H](OC(=O)Nc1cccc2ccccc12)c1cc(I)ccc1O. The maximum atomic E-state index is 13.2. The highest BCUT2D eigenvalue weighted by molar-refractivity contribution is 14.1. The molecule has 0 spiro atoms. The largest absolute Gasteiger partial charge is 0.508 e. The number of halogens is 1. The number of allylic oxidation sites excluding steroid dienone is 1. The van der Waals surface area contributed by atoms with E-state index in [4.69, 9.17) is 14.6 Å². The summed E-state index contributed by atoms with van der Waals surface area (Å²) in [5.41, 5.74) is 0.969. The number of carboxylic acid groups (broad SMARTS) is 1. The minimum absolute atomic E-state index is 0.0453. The molecule has 0 aliphatic heterocycles. The van der Waals surface area contributed by atoms with Crippen LogP contribution in [0.15, 0.2) is 103 Å².